The normalized spacial score (nSPS) is 14.4. The molecule has 1 heterocycles. The van der Waals surface area contributed by atoms with Crippen molar-refractivity contribution in [2.24, 2.45) is 0 Å². The van der Waals surface area contributed by atoms with Gasteiger partial charge in [-0.1, -0.05) is 42.5 Å². The molecule has 0 aromatic heterocycles. The van der Waals surface area contributed by atoms with E-state index in [1.807, 2.05) is 42.5 Å². The summed E-state index contributed by atoms with van der Waals surface area (Å²) in [4.78, 5) is 28.7. The van der Waals surface area contributed by atoms with Crippen molar-refractivity contribution in [3.05, 3.63) is 65.7 Å². The molecule has 1 aliphatic heterocycles. The van der Waals surface area contributed by atoms with E-state index in [9.17, 15) is 9.59 Å². The van der Waals surface area contributed by atoms with E-state index in [2.05, 4.69) is 22.3 Å². The van der Waals surface area contributed by atoms with Crippen LogP contribution in [0.1, 0.15) is 17.5 Å². The fourth-order valence-electron chi connectivity index (χ4n) is 3.48. The average molecular weight is 396 g/mol. The number of piperazine rings is 1. The van der Waals surface area contributed by atoms with E-state index in [0.717, 1.165) is 30.9 Å². The highest BCUT2D eigenvalue weighted by molar-refractivity contribution is 5.96. The number of ether oxygens (including phenoxy) is 1. The summed E-state index contributed by atoms with van der Waals surface area (Å²) in [5.74, 6) is 0.489. The Bertz CT molecular complexity index is 802. The third kappa shape index (κ3) is 6.61. The molecule has 2 aromatic carbocycles. The molecule has 1 N–H and O–H groups in total. The van der Waals surface area contributed by atoms with Crippen molar-refractivity contribution in [2.45, 2.75) is 19.4 Å². The third-order valence-corrected chi connectivity index (χ3v) is 5.16. The molecule has 6 heteroatoms. The van der Waals surface area contributed by atoms with Crippen LogP contribution in [-0.4, -0.2) is 61.4 Å². The van der Waals surface area contributed by atoms with E-state index in [1.54, 1.807) is 12.0 Å². The van der Waals surface area contributed by atoms with Gasteiger partial charge in [0, 0.05) is 39.3 Å². The van der Waals surface area contributed by atoms with Crippen LogP contribution in [0.2, 0.25) is 0 Å². The molecule has 0 spiro atoms. The number of hydrogen-bond acceptors (Lipinski definition) is 4. The van der Waals surface area contributed by atoms with Gasteiger partial charge in [0.05, 0.1) is 7.11 Å². The summed E-state index contributed by atoms with van der Waals surface area (Å²) in [7, 11) is 1.63. The Morgan fingerprint density at radius 1 is 0.966 bits per heavy atom. The lowest BCUT2D eigenvalue weighted by molar-refractivity contribution is -0.137. The number of carbonyl (C=O) groups excluding carboxylic acids is 2. The average Bonchev–Trinajstić information content (AvgIpc) is 2.75. The highest BCUT2D eigenvalue weighted by Gasteiger charge is 2.22. The fourth-order valence-corrected chi connectivity index (χ4v) is 3.48. The van der Waals surface area contributed by atoms with Crippen LogP contribution < -0.4 is 10.1 Å². The highest BCUT2D eigenvalue weighted by atomic mass is 16.5. The first-order valence-electron chi connectivity index (χ1n) is 10.1. The maximum absolute atomic E-state index is 12.4. The molecule has 0 radical (unpaired) electrons. The molecular formula is C23H29N3O3. The van der Waals surface area contributed by atoms with E-state index >= 15 is 0 Å². The Morgan fingerprint density at radius 2 is 1.69 bits per heavy atom. The largest absolute Gasteiger partial charge is 0.497 e. The summed E-state index contributed by atoms with van der Waals surface area (Å²) in [6, 6.07) is 18.1. The summed E-state index contributed by atoms with van der Waals surface area (Å²) < 4.78 is 5.20. The van der Waals surface area contributed by atoms with Crippen LogP contribution in [0.4, 0.5) is 0 Å². The highest BCUT2D eigenvalue weighted by Crippen LogP contribution is 2.13. The van der Waals surface area contributed by atoms with E-state index in [-0.39, 0.29) is 18.2 Å². The molecule has 6 nitrogen and oxygen atoms in total. The molecule has 29 heavy (non-hydrogen) atoms. The van der Waals surface area contributed by atoms with Gasteiger partial charge in [-0.25, -0.2) is 0 Å². The topological polar surface area (TPSA) is 61.9 Å². The van der Waals surface area contributed by atoms with Crippen molar-refractivity contribution in [1.29, 1.82) is 0 Å². The van der Waals surface area contributed by atoms with Crippen LogP contribution in [0.5, 0.6) is 5.75 Å². The summed E-state index contributed by atoms with van der Waals surface area (Å²) in [6.07, 6.45) is 0.617. The number of hydrogen-bond donors (Lipinski definition) is 1. The van der Waals surface area contributed by atoms with Crippen LogP contribution in [-0.2, 0) is 22.6 Å². The van der Waals surface area contributed by atoms with Gasteiger partial charge in [0.25, 0.3) is 0 Å². The number of amides is 2. The van der Waals surface area contributed by atoms with Crippen LogP contribution in [0.3, 0.4) is 0 Å². The lowest BCUT2D eigenvalue weighted by atomic mass is 10.1. The van der Waals surface area contributed by atoms with E-state index < -0.39 is 0 Å². The molecule has 1 saturated heterocycles. The van der Waals surface area contributed by atoms with E-state index in [4.69, 9.17) is 4.74 Å². The van der Waals surface area contributed by atoms with Crippen LogP contribution in [0, 0.1) is 0 Å². The SMILES string of the molecule is COc1cccc(CCNC(=O)CC(=O)N2CCN(Cc3ccccc3)CC2)c1. The smallest absolute Gasteiger partial charge is 0.232 e. The van der Waals surface area contributed by atoms with E-state index in [0.29, 0.717) is 26.1 Å². The second-order valence-corrected chi connectivity index (χ2v) is 7.27. The quantitative estimate of drug-likeness (QED) is 0.696. The summed E-state index contributed by atoms with van der Waals surface area (Å²) >= 11 is 0. The van der Waals surface area contributed by atoms with Gasteiger partial charge in [0.15, 0.2) is 0 Å². The second kappa shape index (κ2) is 10.6. The molecule has 0 aliphatic carbocycles. The number of carbonyl (C=O) groups is 2. The Balaban J connectivity index is 1.35. The first-order valence-corrected chi connectivity index (χ1v) is 10.1. The molecule has 0 bridgehead atoms. The van der Waals surface area contributed by atoms with E-state index in [1.165, 1.54) is 5.56 Å². The zero-order valence-electron chi connectivity index (χ0n) is 17.0. The Kier molecular flexibility index (Phi) is 7.64. The summed E-state index contributed by atoms with van der Waals surface area (Å²) in [5, 5.41) is 2.84. The van der Waals surface area contributed by atoms with Crippen molar-refractivity contribution in [2.75, 3.05) is 39.8 Å². The van der Waals surface area contributed by atoms with Crippen LogP contribution in [0.25, 0.3) is 0 Å². The minimum atomic E-state index is -0.218. The first-order chi connectivity index (χ1) is 14.1. The van der Waals surface area contributed by atoms with Crippen molar-refractivity contribution in [1.82, 2.24) is 15.1 Å². The Hall–Kier alpha value is -2.86. The molecule has 3 rings (SSSR count). The molecule has 2 aromatic rings. The number of nitrogens with zero attached hydrogens (tertiary/aromatic N) is 2. The van der Waals surface area contributed by atoms with Crippen LogP contribution in [0.15, 0.2) is 54.6 Å². The monoisotopic (exact) mass is 395 g/mol. The predicted octanol–water partition coefficient (Wildman–Crippen LogP) is 2.09. The van der Waals surface area contributed by atoms with Gasteiger partial charge < -0.3 is 15.0 Å². The zero-order chi connectivity index (χ0) is 20.5. The second-order valence-electron chi connectivity index (χ2n) is 7.27. The maximum Gasteiger partial charge on any atom is 0.232 e. The summed E-state index contributed by atoms with van der Waals surface area (Å²) in [6.45, 7) is 4.40. The van der Waals surface area contributed by atoms with Crippen LogP contribution >= 0.6 is 0 Å². The minimum Gasteiger partial charge on any atom is -0.497 e. The standard InChI is InChI=1S/C23H29N3O3/c1-29-21-9-5-8-19(16-21)10-11-24-22(27)17-23(28)26-14-12-25(13-15-26)18-20-6-3-2-4-7-20/h2-9,16H,10-15,17-18H2,1H3,(H,24,27). The lowest BCUT2D eigenvalue weighted by Gasteiger charge is -2.34. The Labute approximate surface area is 172 Å². The van der Waals surface area contributed by atoms with Gasteiger partial charge in [0.1, 0.15) is 12.2 Å². The Morgan fingerprint density at radius 3 is 2.41 bits per heavy atom. The molecule has 0 unspecified atom stereocenters. The third-order valence-electron chi connectivity index (χ3n) is 5.16. The predicted molar refractivity (Wildman–Crippen MR) is 113 cm³/mol. The van der Waals surface area contributed by atoms with Gasteiger partial charge in [-0.3, -0.25) is 14.5 Å². The number of benzene rings is 2. The lowest BCUT2D eigenvalue weighted by Crippen LogP contribution is -2.49. The van der Waals surface area contributed by atoms with Gasteiger partial charge in [-0.15, -0.1) is 0 Å². The fraction of sp³-hybridized carbons (Fsp3) is 0.391. The first kappa shape index (κ1) is 20.9. The zero-order valence-corrected chi connectivity index (χ0v) is 17.0. The molecule has 0 saturated carbocycles. The molecule has 154 valence electrons. The number of nitrogens with one attached hydrogen (secondary N) is 1. The molecule has 2 amide bonds. The number of rotatable bonds is 8. The molecule has 1 aliphatic rings. The van der Waals surface area contributed by atoms with Gasteiger partial charge in [0.2, 0.25) is 11.8 Å². The van der Waals surface area contributed by atoms with Crippen molar-refractivity contribution in [3.8, 4) is 5.75 Å². The molecule has 0 atom stereocenters. The van der Waals surface area contributed by atoms with Crippen molar-refractivity contribution in [3.63, 3.8) is 0 Å². The van der Waals surface area contributed by atoms with Gasteiger partial charge in [-0.2, -0.15) is 0 Å². The minimum absolute atomic E-state index is 0.0865. The maximum atomic E-state index is 12.4. The summed E-state index contributed by atoms with van der Waals surface area (Å²) in [5.41, 5.74) is 2.37. The van der Waals surface area contributed by atoms with Gasteiger partial charge >= 0.3 is 0 Å². The van der Waals surface area contributed by atoms with Gasteiger partial charge in [-0.05, 0) is 29.7 Å². The molecular weight excluding hydrogens is 366 g/mol. The van der Waals surface area contributed by atoms with Crippen molar-refractivity contribution < 1.29 is 14.3 Å². The molecule has 1 fully saturated rings. The van der Waals surface area contributed by atoms with Crippen molar-refractivity contribution >= 4 is 11.8 Å². The number of methoxy groups -OCH3 is 1.